The van der Waals surface area contributed by atoms with Crippen molar-refractivity contribution in [2.75, 3.05) is 5.73 Å². The van der Waals surface area contributed by atoms with Crippen molar-refractivity contribution >= 4 is 17.3 Å². The summed E-state index contributed by atoms with van der Waals surface area (Å²) < 4.78 is 0. The zero-order valence-corrected chi connectivity index (χ0v) is 9.51. The first-order valence-corrected chi connectivity index (χ1v) is 5.21. The van der Waals surface area contributed by atoms with Gasteiger partial charge in [-0.2, -0.15) is 0 Å². The Morgan fingerprint density at radius 2 is 2.06 bits per heavy atom. The number of pyridine rings is 1. The molecule has 0 unspecified atom stereocenters. The molecule has 0 fully saturated rings. The Morgan fingerprint density at radius 1 is 1.31 bits per heavy atom. The molecular weight excluding hydrogens is 224 g/mol. The number of halogens is 1. The molecule has 0 saturated heterocycles. The molecule has 2 aromatic rings. The Hall–Kier alpha value is -1.74. The normalized spacial score (nSPS) is 10.4. The van der Waals surface area contributed by atoms with Crippen molar-refractivity contribution in [1.82, 2.24) is 4.98 Å². The number of hydrogen-bond donors (Lipinski definition) is 2. The summed E-state index contributed by atoms with van der Waals surface area (Å²) in [6, 6.07) is 9.20. The lowest BCUT2D eigenvalue weighted by atomic mass is 10.1. The minimum Gasteiger partial charge on any atom is -0.394 e. The van der Waals surface area contributed by atoms with E-state index in [1.54, 1.807) is 0 Å². The van der Waals surface area contributed by atoms with Crippen molar-refractivity contribution < 1.29 is 0 Å². The lowest BCUT2D eigenvalue weighted by Crippen LogP contribution is -2.12. The summed E-state index contributed by atoms with van der Waals surface area (Å²) in [5.41, 5.74) is 7.86. The van der Waals surface area contributed by atoms with E-state index in [-0.39, 0.29) is 11.2 Å². The van der Waals surface area contributed by atoms with Crippen LogP contribution in [0, 0.1) is 6.92 Å². The van der Waals surface area contributed by atoms with E-state index in [9.17, 15) is 4.79 Å². The van der Waals surface area contributed by atoms with E-state index in [4.69, 9.17) is 17.3 Å². The fourth-order valence-corrected chi connectivity index (χ4v) is 1.80. The molecule has 16 heavy (non-hydrogen) atoms. The Kier molecular flexibility index (Phi) is 2.71. The molecule has 0 bridgehead atoms. The molecule has 2 rings (SSSR count). The quantitative estimate of drug-likeness (QED) is 0.797. The molecule has 1 aromatic carbocycles. The van der Waals surface area contributed by atoms with Gasteiger partial charge in [0, 0.05) is 0 Å². The van der Waals surface area contributed by atoms with Crippen LogP contribution in [0.2, 0.25) is 5.02 Å². The first kappa shape index (κ1) is 10.8. The van der Waals surface area contributed by atoms with E-state index in [1.165, 1.54) is 6.07 Å². The van der Waals surface area contributed by atoms with Gasteiger partial charge in [-0.05, 0) is 24.6 Å². The molecule has 0 aliphatic carbocycles. The molecule has 0 amide bonds. The van der Waals surface area contributed by atoms with Gasteiger partial charge in [-0.15, -0.1) is 0 Å². The number of aromatic nitrogens is 1. The SMILES string of the molecule is Cc1cccc(-c2[nH]c(=O)c(N)cc2Cl)c1. The number of nitrogens with two attached hydrogens (primary N) is 1. The first-order valence-electron chi connectivity index (χ1n) is 4.83. The van der Waals surface area contributed by atoms with E-state index < -0.39 is 0 Å². The predicted octanol–water partition coefficient (Wildman–Crippen LogP) is 2.59. The summed E-state index contributed by atoms with van der Waals surface area (Å²) in [6.45, 7) is 1.98. The lowest BCUT2D eigenvalue weighted by Gasteiger charge is -2.05. The second kappa shape index (κ2) is 4.02. The van der Waals surface area contributed by atoms with Crippen LogP contribution < -0.4 is 11.3 Å². The maximum Gasteiger partial charge on any atom is 0.271 e. The van der Waals surface area contributed by atoms with Gasteiger partial charge in [-0.25, -0.2) is 0 Å². The predicted molar refractivity (Wildman–Crippen MR) is 66.7 cm³/mol. The molecule has 0 saturated carbocycles. The zero-order chi connectivity index (χ0) is 11.7. The molecular formula is C12H11ClN2O. The third kappa shape index (κ3) is 1.95. The minimum atomic E-state index is -0.319. The van der Waals surface area contributed by atoms with Gasteiger partial charge < -0.3 is 10.7 Å². The van der Waals surface area contributed by atoms with Gasteiger partial charge in [0.15, 0.2) is 0 Å². The van der Waals surface area contributed by atoms with E-state index >= 15 is 0 Å². The number of nitrogens with one attached hydrogen (secondary N) is 1. The first-order chi connectivity index (χ1) is 7.58. The molecule has 3 nitrogen and oxygen atoms in total. The lowest BCUT2D eigenvalue weighted by molar-refractivity contribution is 1.24. The number of aromatic amines is 1. The summed E-state index contributed by atoms with van der Waals surface area (Å²) in [6.07, 6.45) is 0. The number of hydrogen-bond acceptors (Lipinski definition) is 2. The Balaban J connectivity index is 2.65. The van der Waals surface area contributed by atoms with E-state index in [1.807, 2.05) is 31.2 Å². The van der Waals surface area contributed by atoms with Gasteiger partial charge >= 0.3 is 0 Å². The van der Waals surface area contributed by atoms with E-state index in [0.29, 0.717) is 10.7 Å². The van der Waals surface area contributed by atoms with E-state index in [2.05, 4.69) is 4.98 Å². The smallest absolute Gasteiger partial charge is 0.271 e. The Labute approximate surface area is 97.9 Å². The molecule has 82 valence electrons. The van der Waals surface area contributed by atoms with Crippen LogP contribution in [0.1, 0.15) is 5.56 Å². The highest BCUT2D eigenvalue weighted by Gasteiger charge is 2.06. The highest BCUT2D eigenvalue weighted by molar-refractivity contribution is 6.33. The Morgan fingerprint density at radius 3 is 2.75 bits per heavy atom. The minimum absolute atomic E-state index is 0.126. The fourth-order valence-electron chi connectivity index (χ4n) is 1.53. The summed E-state index contributed by atoms with van der Waals surface area (Å²) in [5.74, 6) is 0. The second-order valence-electron chi connectivity index (χ2n) is 3.65. The standard InChI is InChI=1S/C12H11ClN2O/c1-7-3-2-4-8(5-7)11-9(13)6-10(14)12(16)15-11/h2-6H,14H2,1H3,(H,15,16). The van der Waals surface area contributed by atoms with Crippen LogP contribution in [0.3, 0.4) is 0 Å². The molecule has 4 heteroatoms. The van der Waals surface area contributed by atoms with Gasteiger partial charge in [0.25, 0.3) is 5.56 Å². The van der Waals surface area contributed by atoms with Crippen LogP contribution in [0.5, 0.6) is 0 Å². The van der Waals surface area contributed by atoms with Gasteiger partial charge in [-0.3, -0.25) is 4.79 Å². The summed E-state index contributed by atoms with van der Waals surface area (Å²) >= 11 is 6.04. The van der Waals surface area contributed by atoms with Crippen molar-refractivity contribution in [3.63, 3.8) is 0 Å². The van der Waals surface area contributed by atoms with E-state index in [0.717, 1.165) is 11.1 Å². The third-order valence-corrected chi connectivity index (χ3v) is 2.63. The van der Waals surface area contributed by atoms with Crippen LogP contribution in [0.25, 0.3) is 11.3 Å². The molecule has 0 spiro atoms. The number of benzene rings is 1. The highest BCUT2D eigenvalue weighted by Crippen LogP contribution is 2.25. The number of aryl methyl sites for hydroxylation is 1. The van der Waals surface area contributed by atoms with Gasteiger partial charge in [0.2, 0.25) is 0 Å². The van der Waals surface area contributed by atoms with Crippen LogP contribution in [0.4, 0.5) is 5.69 Å². The van der Waals surface area contributed by atoms with Gasteiger partial charge in [0.1, 0.15) is 0 Å². The largest absolute Gasteiger partial charge is 0.394 e. The van der Waals surface area contributed by atoms with Crippen molar-refractivity contribution in [1.29, 1.82) is 0 Å². The molecule has 3 N–H and O–H groups in total. The van der Waals surface area contributed by atoms with Crippen LogP contribution >= 0.6 is 11.6 Å². The van der Waals surface area contributed by atoms with Gasteiger partial charge in [-0.1, -0.05) is 35.4 Å². The number of rotatable bonds is 1. The molecule has 0 aliphatic rings. The van der Waals surface area contributed by atoms with Crippen LogP contribution in [-0.2, 0) is 0 Å². The molecule has 0 aliphatic heterocycles. The summed E-state index contributed by atoms with van der Waals surface area (Å²) in [7, 11) is 0. The maximum absolute atomic E-state index is 11.4. The average molecular weight is 235 g/mol. The van der Waals surface area contributed by atoms with Crippen LogP contribution in [-0.4, -0.2) is 4.98 Å². The fraction of sp³-hybridized carbons (Fsp3) is 0.0833. The summed E-state index contributed by atoms with van der Waals surface area (Å²) in [4.78, 5) is 14.1. The highest BCUT2D eigenvalue weighted by atomic mass is 35.5. The van der Waals surface area contributed by atoms with Crippen molar-refractivity contribution in [3.8, 4) is 11.3 Å². The maximum atomic E-state index is 11.4. The van der Waals surface area contributed by atoms with Crippen molar-refractivity contribution in [2.45, 2.75) is 6.92 Å². The molecule has 0 atom stereocenters. The molecule has 0 radical (unpaired) electrons. The molecule has 1 aromatic heterocycles. The topological polar surface area (TPSA) is 58.9 Å². The number of H-pyrrole nitrogens is 1. The summed E-state index contributed by atoms with van der Waals surface area (Å²) in [5, 5.41) is 0.447. The monoisotopic (exact) mass is 234 g/mol. The zero-order valence-electron chi connectivity index (χ0n) is 8.75. The molecule has 1 heterocycles. The third-order valence-electron chi connectivity index (χ3n) is 2.33. The second-order valence-corrected chi connectivity index (χ2v) is 4.05. The average Bonchev–Trinajstić information content (AvgIpc) is 2.23. The van der Waals surface area contributed by atoms with Crippen LogP contribution in [0.15, 0.2) is 35.1 Å². The van der Waals surface area contributed by atoms with Crippen molar-refractivity contribution in [2.24, 2.45) is 0 Å². The van der Waals surface area contributed by atoms with Gasteiger partial charge in [0.05, 0.1) is 16.4 Å². The van der Waals surface area contributed by atoms with Crippen molar-refractivity contribution in [3.05, 3.63) is 51.3 Å². The number of anilines is 1. The number of nitrogen functional groups attached to an aromatic ring is 1. The Bertz CT molecular complexity index is 590.